The van der Waals surface area contributed by atoms with Crippen molar-refractivity contribution in [1.29, 1.82) is 0 Å². The lowest BCUT2D eigenvalue weighted by Gasteiger charge is -2.13. The molecule has 1 heterocycles. The van der Waals surface area contributed by atoms with Gasteiger partial charge in [-0.3, -0.25) is 4.79 Å². The molecule has 1 amide bonds. The third kappa shape index (κ3) is 3.72. The highest BCUT2D eigenvalue weighted by Crippen LogP contribution is 2.38. The molecule has 2 aromatic carbocycles. The fourth-order valence-corrected chi connectivity index (χ4v) is 2.63. The van der Waals surface area contributed by atoms with E-state index in [1.165, 1.54) is 21.3 Å². The van der Waals surface area contributed by atoms with Gasteiger partial charge in [-0.2, -0.15) is 5.10 Å². The number of nitrogens with one attached hydrogen (secondary N) is 1. The fraction of sp³-hybridized carbons (Fsp3) is 0.200. The monoisotopic (exact) mass is 368 g/mol. The number of benzene rings is 2. The van der Waals surface area contributed by atoms with Gasteiger partial charge in [0.25, 0.3) is 5.91 Å². The summed E-state index contributed by atoms with van der Waals surface area (Å²) in [7, 11) is 4.48. The van der Waals surface area contributed by atoms with Crippen molar-refractivity contribution < 1.29 is 23.4 Å². The number of carbonyl (C=O) groups is 1. The molecule has 7 nitrogen and oxygen atoms in total. The number of furan rings is 1. The summed E-state index contributed by atoms with van der Waals surface area (Å²) in [5.74, 6) is 1.37. The van der Waals surface area contributed by atoms with Crippen LogP contribution in [0.5, 0.6) is 17.2 Å². The Morgan fingerprint density at radius 3 is 2.26 bits per heavy atom. The summed E-state index contributed by atoms with van der Waals surface area (Å²) in [5.41, 5.74) is 4.15. The van der Waals surface area contributed by atoms with E-state index >= 15 is 0 Å². The van der Waals surface area contributed by atoms with Gasteiger partial charge in [0.1, 0.15) is 11.3 Å². The second kappa shape index (κ2) is 7.82. The van der Waals surface area contributed by atoms with Crippen molar-refractivity contribution in [2.75, 3.05) is 21.3 Å². The number of para-hydroxylation sites is 1. The van der Waals surface area contributed by atoms with Gasteiger partial charge in [-0.25, -0.2) is 5.43 Å². The minimum absolute atomic E-state index is 0.325. The van der Waals surface area contributed by atoms with Gasteiger partial charge in [-0.1, -0.05) is 18.2 Å². The summed E-state index contributed by atoms with van der Waals surface area (Å²) in [6.45, 7) is 1.76. The lowest BCUT2D eigenvalue weighted by atomic mass is 10.1. The molecule has 0 atom stereocenters. The Kier molecular flexibility index (Phi) is 5.30. The molecule has 1 aromatic heterocycles. The Balaban J connectivity index is 1.83. The van der Waals surface area contributed by atoms with E-state index in [4.69, 9.17) is 18.6 Å². The van der Waals surface area contributed by atoms with E-state index in [-0.39, 0.29) is 0 Å². The summed E-state index contributed by atoms with van der Waals surface area (Å²) in [6, 6.07) is 12.6. The molecule has 0 aliphatic rings. The lowest BCUT2D eigenvalue weighted by Crippen LogP contribution is -2.19. The van der Waals surface area contributed by atoms with Gasteiger partial charge in [0.2, 0.25) is 5.75 Å². The molecule has 0 radical (unpaired) electrons. The molecule has 0 aliphatic heterocycles. The number of carbonyl (C=O) groups excluding carboxylic acids is 1. The number of fused-ring (bicyclic) bond motifs is 1. The number of hydrazone groups is 1. The molecule has 0 spiro atoms. The molecule has 3 rings (SSSR count). The van der Waals surface area contributed by atoms with Crippen LogP contribution in [0.2, 0.25) is 0 Å². The normalized spacial score (nSPS) is 11.3. The average molecular weight is 368 g/mol. The first-order valence-corrected chi connectivity index (χ1v) is 8.21. The van der Waals surface area contributed by atoms with E-state index in [1.807, 2.05) is 30.3 Å². The zero-order valence-corrected chi connectivity index (χ0v) is 15.5. The highest BCUT2D eigenvalue weighted by molar-refractivity contribution is 6.01. The second-order valence-electron chi connectivity index (χ2n) is 5.70. The van der Waals surface area contributed by atoms with E-state index in [2.05, 4.69) is 10.5 Å². The van der Waals surface area contributed by atoms with Crippen molar-refractivity contribution in [1.82, 2.24) is 5.43 Å². The maximum Gasteiger partial charge on any atom is 0.271 e. The molecule has 0 saturated heterocycles. The van der Waals surface area contributed by atoms with Gasteiger partial charge in [0.15, 0.2) is 17.3 Å². The highest BCUT2D eigenvalue weighted by Gasteiger charge is 2.17. The van der Waals surface area contributed by atoms with Crippen LogP contribution >= 0.6 is 0 Å². The zero-order chi connectivity index (χ0) is 19.4. The third-order valence-corrected chi connectivity index (χ3v) is 4.03. The van der Waals surface area contributed by atoms with E-state index in [0.29, 0.717) is 34.3 Å². The van der Waals surface area contributed by atoms with Gasteiger partial charge in [0.05, 0.1) is 21.3 Å². The van der Waals surface area contributed by atoms with Crippen molar-refractivity contribution in [3.8, 4) is 17.2 Å². The van der Waals surface area contributed by atoms with Crippen LogP contribution in [0.3, 0.4) is 0 Å². The Morgan fingerprint density at radius 1 is 1.00 bits per heavy atom. The molecule has 7 heteroatoms. The van der Waals surface area contributed by atoms with Crippen LogP contribution in [-0.2, 0) is 0 Å². The molecule has 3 aromatic rings. The molecular weight excluding hydrogens is 348 g/mol. The number of hydrogen-bond acceptors (Lipinski definition) is 6. The highest BCUT2D eigenvalue weighted by atomic mass is 16.5. The van der Waals surface area contributed by atoms with Gasteiger partial charge in [0, 0.05) is 10.9 Å². The molecule has 0 unspecified atom stereocenters. The Hall–Kier alpha value is -3.48. The maximum absolute atomic E-state index is 12.5. The van der Waals surface area contributed by atoms with Crippen molar-refractivity contribution in [2.45, 2.75) is 6.92 Å². The Bertz CT molecular complexity index is 949. The summed E-state index contributed by atoms with van der Waals surface area (Å²) in [5, 5.41) is 5.10. The predicted molar refractivity (Wildman–Crippen MR) is 102 cm³/mol. The summed E-state index contributed by atoms with van der Waals surface area (Å²) in [6.07, 6.45) is 0. The average Bonchev–Trinajstić information content (AvgIpc) is 3.14. The van der Waals surface area contributed by atoms with Crippen LogP contribution in [0, 0.1) is 0 Å². The van der Waals surface area contributed by atoms with E-state index in [0.717, 1.165) is 11.0 Å². The van der Waals surface area contributed by atoms with Crippen molar-refractivity contribution in [2.24, 2.45) is 5.10 Å². The molecule has 27 heavy (non-hydrogen) atoms. The summed E-state index contributed by atoms with van der Waals surface area (Å²) in [4.78, 5) is 12.5. The van der Waals surface area contributed by atoms with Crippen molar-refractivity contribution in [3.63, 3.8) is 0 Å². The first-order chi connectivity index (χ1) is 13.1. The number of amides is 1. The van der Waals surface area contributed by atoms with Crippen molar-refractivity contribution >= 4 is 22.6 Å². The lowest BCUT2D eigenvalue weighted by molar-refractivity contribution is 0.0954. The number of methoxy groups -OCH3 is 3. The van der Waals surface area contributed by atoms with Crippen molar-refractivity contribution in [3.05, 3.63) is 53.8 Å². The van der Waals surface area contributed by atoms with Crippen LogP contribution in [0.15, 0.2) is 52.0 Å². The van der Waals surface area contributed by atoms with Crippen LogP contribution in [-0.4, -0.2) is 32.9 Å². The number of rotatable bonds is 6. The van der Waals surface area contributed by atoms with Crippen LogP contribution in [0.25, 0.3) is 11.0 Å². The molecule has 0 bridgehead atoms. The van der Waals surface area contributed by atoms with Crippen LogP contribution < -0.4 is 19.6 Å². The summed E-state index contributed by atoms with van der Waals surface area (Å²) < 4.78 is 21.5. The number of nitrogens with zero attached hydrogens (tertiary/aromatic N) is 1. The quantitative estimate of drug-likeness (QED) is 0.531. The summed E-state index contributed by atoms with van der Waals surface area (Å²) >= 11 is 0. The molecule has 0 saturated carbocycles. The van der Waals surface area contributed by atoms with Gasteiger partial charge in [-0.15, -0.1) is 0 Å². The largest absolute Gasteiger partial charge is 0.493 e. The van der Waals surface area contributed by atoms with E-state index < -0.39 is 5.91 Å². The van der Waals surface area contributed by atoms with E-state index in [9.17, 15) is 4.79 Å². The maximum atomic E-state index is 12.5. The van der Waals surface area contributed by atoms with Crippen LogP contribution in [0.4, 0.5) is 0 Å². The number of ether oxygens (including phenoxy) is 3. The second-order valence-corrected chi connectivity index (χ2v) is 5.70. The molecular formula is C20H20N2O5. The first-order valence-electron chi connectivity index (χ1n) is 8.21. The van der Waals surface area contributed by atoms with Crippen LogP contribution in [0.1, 0.15) is 23.0 Å². The fourth-order valence-electron chi connectivity index (χ4n) is 2.63. The molecule has 0 aliphatic carbocycles. The van der Waals surface area contributed by atoms with Gasteiger partial charge < -0.3 is 18.6 Å². The molecule has 140 valence electrons. The van der Waals surface area contributed by atoms with Gasteiger partial charge in [-0.05, 0) is 31.2 Å². The third-order valence-electron chi connectivity index (χ3n) is 4.03. The molecule has 0 fully saturated rings. The Morgan fingerprint density at radius 2 is 1.67 bits per heavy atom. The smallest absolute Gasteiger partial charge is 0.271 e. The van der Waals surface area contributed by atoms with E-state index in [1.54, 1.807) is 19.1 Å². The number of hydrogen-bond donors (Lipinski definition) is 1. The minimum Gasteiger partial charge on any atom is -0.493 e. The standard InChI is InChI=1S/C20H20N2O5/c1-12(16-9-13-7-5-6-8-15(13)27-16)21-22-20(23)14-10-17(24-2)19(26-4)18(11-14)25-3/h5-11H,1-4H3,(H,22,23)/b21-12+. The first kappa shape index (κ1) is 18.3. The Labute approximate surface area is 156 Å². The zero-order valence-electron chi connectivity index (χ0n) is 15.5. The van der Waals surface area contributed by atoms with Gasteiger partial charge >= 0.3 is 0 Å². The minimum atomic E-state index is -0.412. The SMILES string of the molecule is COc1cc(C(=O)N/N=C(\C)c2cc3ccccc3o2)cc(OC)c1OC. The molecule has 1 N–H and O–H groups in total. The topological polar surface area (TPSA) is 82.3 Å². The predicted octanol–water partition coefficient (Wildman–Crippen LogP) is 3.61.